The van der Waals surface area contributed by atoms with Crippen LogP contribution in [0.3, 0.4) is 0 Å². The molecule has 0 aliphatic carbocycles. The lowest BCUT2D eigenvalue weighted by atomic mass is 10.1. The number of rotatable bonds is 2. The van der Waals surface area contributed by atoms with Crippen LogP contribution in [0, 0.1) is 6.92 Å². The largest absolute Gasteiger partial charge is 0.478 e. The van der Waals surface area contributed by atoms with Gasteiger partial charge in [-0.2, -0.15) is 5.10 Å². The molecule has 1 aromatic heterocycles. The Bertz CT molecular complexity index is 436. The molecule has 0 saturated heterocycles. The highest BCUT2D eigenvalue weighted by atomic mass is 16.7. The summed E-state index contributed by atoms with van der Waals surface area (Å²) in [5, 5.41) is 16.6. The second kappa shape index (κ2) is 3.38. The van der Waals surface area contributed by atoms with Crippen molar-refractivity contribution in [1.82, 2.24) is 9.78 Å². The highest BCUT2D eigenvalue weighted by molar-refractivity contribution is 6.03. The predicted octanol–water partition coefficient (Wildman–Crippen LogP) is 0.306. The molecule has 15 heavy (non-hydrogen) atoms. The Morgan fingerprint density at radius 2 is 2.47 bits per heavy atom. The molecule has 2 heterocycles. The van der Waals surface area contributed by atoms with Crippen molar-refractivity contribution in [2.75, 3.05) is 0 Å². The first kappa shape index (κ1) is 9.70. The molecule has 1 aliphatic heterocycles. The molecule has 2 rings (SSSR count). The van der Waals surface area contributed by atoms with Crippen molar-refractivity contribution in [1.29, 1.82) is 0 Å². The third-order valence-corrected chi connectivity index (χ3v) is 2.49. The minimum Gasteiger partial charge on any atom is -0.478 e. The van der Waals surface area contributed by atoms with Crippen molar-refractivity contribution in [3.8, 4) is 0 Å². The second-order valence-electron chi connectivity index (χ2n) is 3.44. The quantitative estimate of drug-likeness (QED) is 0.760. The molecule has 1 aromatic rings. The topological polar surface area (TPSA) is 76.7 Å². The summed E-state index contributed by atoms with van der Waals surface area (Å²) in [4.78, 5) is 15.4. The number of nitrogens with zero attached hydrogens (tertiary/aromatic N) is 3. The summed E-state index contributed by atoms with van der Waals surface area (Å²) in [5.41, 5.74) is 2.44. The molecule has 0 spiro atoms. The van der Waals surface area contributed by atoms with Gasteiger partial charge in [0.15, 0.2) is 0 Å². The van der Waals surface area contributed by atoms with Gasteiger partial charge in [-0.15, -0.1) is 0 Å². The van der Waals surface area contributed by atoms with Crippen LogP contribution in [-0.4, -0.2) is 32.7 Å². The molecule has 6 nitrogen and oxygen atoms in total. The molecule has 0 bridgehead atoms. The van der Waals surface area contributed by atoms with E-state index < -0.39 is 12.1 Å². The maximum atomic E-state index is 10.6. The zero-order chi connectivity index (χ0) is 11.0. The molecule has 0 unspecified atom stereocenters. The zero-order valence-electron chi connectivity index (χ0n) is 8.47. The number of oxime groups is 1. The molecule has 6 heteroatoms. The normalized spacial score (nSPS) is 19.9. The van der Waals surface area contributed by atoms with Crippen LogP contribution in [0.2, 0.25) is 0 Å². The Balaban J connectivity index is 2.21. The van der Waals surface area contributed by atoms with Crippen LogP contribution in [-0.2, 0) is 16.7 Å². The standard InChI is InChI=1S/C9H11N3O3/c1-5-6(4-10-12(5)2)7-3-8(9(13)14)15-11-7/h4,8H,3H2,1-2H3,(H,13,14)/t8-/m1/s1. The van der Waals surface area contributed by atoms with Crippen LogP contribution in [0.4, 0.5) is 0 Å². The summed E-state index contributed by atoms with van der Waals surface area (Å²) in [6.45, 7) is 1.90. The number of aliphatic carboxylic acids is 1. The van der Waals surface area contributed by atoms with Crippen molar-refractivity contribution in [3.63, 3.8) is 0 Å². The van der Waals surface area contributed by atoms with Crippen LogP contribution in [0.5, 0.6) is 0 Å². The Labute approximate surface area is 86.1 Å². The van der Waals surface area contributed by atoms with Crippen molar-refractivity contribution in [3.05, 3.63) is 17.5 Å². The monoisotopic (exact) mass is 209 g/mol. The SMILES string of the molecule is Cc1c(C2=NO[C@@H](C(=O)O)C2)cnn1C. The predicted molar refractivity (Wildman–Crippen MR) is 51.6 cm³/mol. The molecule has 1 atom stereocenters. The summed E-state index contributed by atoms with van der Waals surface area (Å²) in [6.07, 6.45) is 1.10. The fraction of sp³-hybridized carbons (Fsp3) is 0.444. The zero-order valence-corrected chi connectivity index (χ0v) is 8.47. The summed E-state index contributed by atoms with van der Waals surface area (Å²) in [7, 11) is 1.82. The smallest absolute Gasteiger partial charge is 0.348 e. The molecule has 0 radical (unpaired) electrons. The van der Waals surface area contributed by atoms with E-state index in [1.165, 1.54) is 0 Å². The van der Waals surface area contributed by atoms with Crippen molar-refractivity contribution >= 4 is 11.7 Å². The molecule has 1 aliphatic rings. The van der Waals surface area contributed by atoms with Gasteiger partial charge in [0.1, 0.15) is 0 Å². The third-order valence-electron chi connectivity index (χ3n) is 2.49. The minimum atomic E-state index is -0.990. The number of hydrogen-bond donors (Lipinski definition) is 1. The van der Waals surface area contributed by atoms with Gasteiger partial charge < -0.3 is 9.94 Å². The number of aryl methyl sites for hydroxylation is 1. The van der Waals surface area contributed by atoms with E-state index in [1.807, 2.05) is 14.0 Å². The average molecular weight is 209 g/mol. The van der Waals surface area contributed by atoms with Gasteiger partial charge in [-0.3, -0.25) is 4.68 Å². The van der Waals surface area contributed by atoms with Gasteiger partial charge in [-0.25, -0.2) is 4.79 Å². The van der Waals surface area contributed by atoms with E-state index in [0.29, 0.717) is 12.1 Å². The summed E-state index contributed by atoms with van der Waals surface area (Å²) < 4.78 is 1.71. The summed E-state index contributed by atoms with van der Waals surface area (Å²) in [6, 6.07) is 0. The number of carbonyl (C=O) groups is 1. The number of aromatic nitrogens is 2. The number of hydrogen-bond acceptors (Lipinski definition) is 4. The lowest BCUT2D eigenvalue weighted by Gasteiger charge is -1.99. The van der Waals surface area contributed by atoms with Gasteiger partial charge in [0.05, 0.1) is 11.9 Å². The van der Waals surface area contributed by atoms with Crippen LogP contribution < -0.4 is 0 Å². The molecule has 0 amide bonds. The van der Waals surface area contributed by atoms with Crippen molar-refractivity contribution in [2.24, 2.45) is 12.2 Å². The van der Waals surface area contributed by atoms with E-state index >= 15 is 0 Å². The van der Waals surface area contributed by atoms with Gasteiger partial charge >= 0.3 is 5.97 Å². The summed E-state index contributed by atoms with van der Waals surface area (Å²) in [5.74, 6) is -0.990. The maximum absolute atomic E-state index is 10.6. The first-order valence-electron chi connectivity index (χ1n) is 4.54. The van der Waals surface area contributed by atoms with E-state index in [1.54, 1.807) is 10.9 Å². The summed E-state index contributed by atoms with van der Waals surface area (Å²) >= 11 is 0. The maximum Gasteiger partial charge on any atom is 0.348 e. The lowest BCUT2D eigenvalue weighted by Crippen LogP contribution is -2.20. The Hall–Kier alpha value is -1.85. The first-order chi connectivity index (χ1) is 7.09. The Morgan fingerprint density at radius 3 is 2.93 bits per heavy atom. The van der Waals surface area contributed by atoms with Gasteiger partial charge in [-0.05, 0) is 6.92 Å². The fourth-order valence-corrected chi connectivity index (χ4v) is 1.45. The Morgan fingerprint density at radius 1 is 1.73 bits per heavy atom. The fourth-order valence-electron chi connectivity index (χ4n) is 1.45. The van der Waals surface area contributed by atoms with Crippen LogP contribution in [0.1, 0.15) is 17.7 Å². The van der Waals surface area contributed by atoms with Crippen LogP contribution >= 0.6 is 0 Å². The average Bonchev–Trinajstić information content (AvgIpc) is 2.76. The molecule has 80 valence electrons. The lowest BCUT2D eigenvalue weighted by molar-refractivity contribution is -0.148. The van der Waals surface area contributed by atoms with Gasteiger partial charge in [0.2, 0.25) is 6.10 Å². The molecule has 0 aromatic carbocycles. The van der Waals surface area contributed by atoms with Crippen molar-refractivity contribution < 1.29 is 14.7 Å². The number of carboxylic acid groups (broad SMARTS) is 1. The molecule has 0 saturated carbocycles. The number of carboxylic acids is 1. The molecule has 0 fully saturated rings. The molecular weight excluding hydrogens is 198 g/mol. The van der Waals surface area contributed by atoms with Crippen molar-refractivity contribution in [2.45, 2.75) is 19.4 Å². The first-order valence-corrected chi connectivity index (χ1v) is 4.54. The van der Waals surface area contributed by atoms with Crippen LogP contribution in [0.15, 0.2) is 11.4 Å². The van der Waals surface area contributed by atoms with E-state index in [0.717, 1.165) is 11.3 Å². The highest BCUT2D eigenvalue weighted by Gasteiger charge is 2.29. The third kappa shape index (κ3) is 1.58. The van der Waals surface area contributed by atoms with E-state index in [-0.39, 0.29) is 0 Å². The van der Waals surface area contributed by atoms with Gasteiger partial charge in [0.25, 0.3) is 0 Å². The molecular formula is C9H11N3O3. The molecule has 1 N–H and O–H groups in total. The van der Waals surface area contributed by atoms with E-state index in [4.69, 9.17) is 9.94 Å². The van der Waals surface area contributed by atoms with Gasteiger partial charge in [-0.1, -0.05) is 5.16 Å². The van der Waals surface area contributed by atoms with E-state index in [2.05, 4.69) is 10.3 Å². The van der Waals surface area contributed by atoms with E-state index in [9.17, 15) is 4.79 Å². The van der Waals surface area contributed by atoms with Gasteiger partial charge in [0, 0.05) is 24.7 Å². The second-order valence-corrected chi connectivity index (χ2v) is 3.44. The Kier molecular flexibility index (Phi) is 2.18. The highest BCUT2D eigenvalue weighted by Crippen LogP contribution is 2.18. The minimum absolute atomic E-state index is 0.294. The van der Waals surface area contributed by atoms with Crippen LogP contribution in [0.25, 0.3) is 0 Å².